The summed E-state index contributed by atoms with van der Waals surface area (Å²) in [6.07, 6.45) is 0. The van der Waals surface area contributed by atoms with Crippen LogP contribution < -0.4 is 18.9 Å². The lowest BCUT2D eigenvalue weighted by Crippen LogP contribution is -2.39. The number of hydrogen-bond donors (Lipinski definition) is 0. The van der Waals surface area contributed by atoms with Gasteiger partial charge in [0.15, 0.2) is 0 Å². The molecule has 278 valence electrons. The first-order valence-electron chi connectivity index (χ1n) is 18.7. The smallest absolute Gasteiger partial charge is 0.138 e. The van der Waals surface area contributed by atoms with Gasteiger partial charge in [-0.05, 0) is 148 Å². The molecule has 0 aliphatic rings. The van der Waals surface area contributed by atoms with Crippen LogP contribution in [-0.2, 0) is 15.2 Å². The minimum Gasteiger partial charge on any atom is -0.494 e. The Kier molecular flexibility index (Phi) is 12.1. The number of benzene rings is 6. The zero-order chi connectivity index (χ0) is 39.3. The molecule has 6 radical (unpaired) electrons. The number of rotatable bonds is 14. The molecule has 0 amide bonds. The number of aryl methyl sites for hydroxylation is 2. The van der Waals surface area contributed by atoms with Gasteiger partial charge in [0, 0.05) is 11.1 Å². The average Bonchev–Trinajstić information content (AvgIpc) is 3.16. The Morgan fingerprint density at radius 2 is 0.818 bits per heavy atom. The summed E-state index contributed by atoms with van der Waals surface area (Å²) in [5.41, 5.74) is 9.78. The van der Waals surface area contributed by atoms with Crippen LogP contribution in [0.25, 0.3) is 22.3 Å². The standard InChI is InChI=1S/C48H48O5Si2/c1-9-49-37-25-21-35(22-26-37)43-41(29-31(3)33(5)45(43)51-39-17-13-11-14-18-39)47(7,54)53-48(8,55)42-30-32(4)34(6)46(52-40-19-15-12-16-20-40)44(42)36-23-27-38(28-24-36)50-10-2/h11-30H,9-10H2,1-8H3. The van der Waals surface area contributed by atoms with Crippen LogP contribution in [0.5, 0.6) is 34.5 Å². The van der Waals surface area contributed by atoms with Crippen molar-refractivity contribution in [3.8, 4) is 56.8 Å². The van der Waals surface area contributed by atoms with Gasteiger partial charge in [-0.1, -0.05) is 72.8 Å². The number of ether oxygens (including phenoxy) is 5. The van der Waals surface area contributed by atoms with E-state index in [4.69, 9.17) is 23.7 Å². The molecule has 6 aromatic carbocycles. The summed E-state index contributed by atoms with van der Waals surface area (Å²) >= 11 is 0. The number of para-hydroxylation sites is 2. The maximum Gasteiger partial charge on any atom is 0.138 e. The molecule has 0 saturated heterocycles. The van der Waals surface area contributed by atoms with Crippen molar-refractivity contribution in [2.24, 2.45) is 0 Å². The van der Waals surface area contributed by atoms with Crippen LogP contribution in [0.4, 0.5) is 0 Å². The molecule has 2 atom stereocenters. The van der Waals surface area contributed by atoms with Crippen molar-refractivity contribution in [2.75, 3.05) is 13.2 Å². The summed E-state index contributed by atoms with van der Waals surface area (Å²) < 4.78 is 32.5. The second-order valence-corrected chi connectivity index (χ2v) is 16.0. The highest BCUT2D eigenvalue weighted by molar-refractivity contribution is 6.18. The monoisotopic (exact) mass is 760 g/mol. The Labute approximate surface area is 333 Å². The Bertz CT molecular complexity index is 2070. The molecule has 2 unspecified atom stereocenters. The van der Waals surface area contributed by atoms with E-state index in [0.29, 0.717) is 13.2 Å². The van der Waals surface area contributed by atoms with E-state index in [1.165, 1.54) is 0 Å². The van der Waals surface area contributed by atoms with Gasteiger partial charge in [-0.15, -0.1) is 0 Å². The van der Waals surface area contributed by atoms with Gasteiger partial charge in [0.1, 0.15) is 34.5 Å². The van der Waals surface area contributed by atoms with Gasteiger partial charge in [-0.25, -0.2) is 0 Å². The summed E-state index contributed by atoms with van der Waals surface area (Å²) in [7, 11) is 8.39. The fourth-order valence-electron chi connectivity index (χ4n) is 6.85. The van der Waals surface area contributed by atoms with Crippen LogP contribution in [0, 0.1) is 27.7 Å². The van der Waals surface area contributed by atoms with Crippen LogP contribution in [0.1, 0.15) is 61.1 Å². The Hall–Kier alpha value is -5.09. The lowest BCUT2D eigenvalue weighted by atomic mass is 9.89. The summed E-state index contributed by atoms with van der Waals surface area (Å²) in [5, 5.41) is -2.10. The van der Waals surface area contributed by atoms with Gasteiger partial charge in [-0.2, -0.15) is 0 Å². The van der Waals surface area contributed by atoms with E-state index in [9.17, 15) is 0 Å². The quantitative estimate of drug-likeness (QED) is 0.103. The van der Waals surface area contributed by atoms with Gasteiger partial charge in [-0.3, -0.25) is 0 Å². The van der Waals surface area contributed by atoms with Gasteiger partial charge in [0.25, 0.3) is 0 Å². The highest BCUT2D eigenvalue weighted by Gasteiger charge is 2.38. The van der Waals surface area contributed by atoms with Crippen molar-refractivity contribution in [1.29, 1.82) is 0 Å². The first-order chi connectivity index (χ1) is 26.3. The first-order valence-corrected chi connectivity index (χ1v) is 19.7. The van der Waals surface area contributed by atoms with E-state index in [0.717, 1.165) is 90.1 Å². The molecule has 0 aromatic heterocycles. The Morgan fingerprint density at radius 1 is 0.473 bits per heavy atom. The zero-order valence-electron chi connectivity index (χ0n) is 33.0. The number of hydrogen-bond acceptors (Lipinski definition) is 5. The molecule has 5 nitrogen and oxygen atoms in total. The van der Waals surface area contributed by atoms with Gasteiger partial charge in [0.2, 0.25) is 0 Å². The average molecular weight is 761 g/mol. The molecule has 0 heterocycles. The third-order valence-corrected chi connectivity index (χ3v) is 10.6. The normalized spacial score (nSPS) is 13.4. The molecule has 55 heavy (non-hydrogen) atoms. The third kappa shape index (κ3) is 8.75. The van der Waals surface area contributed by atoms with E-state index in [-0.39, 0.29) is 0 Å². The van der Waals surface area contributed by atoms with Crippen molar-refractivity contribution >= 4 is 20.5 Å². The molecular weight excluding hydrogens is 713 g/mol. The molecule has 0 spiro atoms. The van der Waals surface area contributed by atoms with Gasteiger partial charge in [0.05, 0.1) is 44.1 Å². The zero-order valence-corrected chi connectivity index (χ0v) is 35.0. The van der Waals surface area contributed by atoms with Crippen LogP contribution in [0.2, 0.25) is 0 Å². The van der Waals surface area contributed by atoms with Crippen molar-refractivity contribution < 1.29 is 23.7 Å². The first kappa shape index (κ1) is 39.6. The molecule has 0 N–H and O–H groups in total. The molecule has 6 aromatic rings. The van der Waals surface area contributed by atoms with Crippen LogP contribution in [-0.4, -0.2) is 33.7 Å². The fourth-order valence-corrected chi connectivity index (χ4v) is 7.76. The summed E-state index contributed by atoms with van der Waals surface area (Å²) in [6.45, 7) is 17.6. The second-order valence-electron chi connectivity index (χ2n) is 14.1. The van der Waals surface area contributed by atoms with Gasteiger partial charge >= 0.3 is 0 Å². The highest BCUT2D eigenvalue weighted by Crippen LogP contribution is 2.49. The van der Waals surface area contributed by atoms with Crippen molar-refractivity contribution in [3.05, 3.63) is 155 Å². The third-order valence-electron chi connectivity index (χ3n) is 9.85. The van der Waals surface area contributed by atoms with Crippen LogP contribution in [0.15, 0.2) is 121 Å². The SMILES string of the molecule is CCOc1ccc(-c2c(C(C)([Si])OC(C)([Si])c3cc(C)c(C)c(Oc4ccccc4)c3-c3ccc(OCC)cc3)cc(C)c(C)c2Oc2ccccc2)cc1. The van der Waals surface area contributed by atoms with E-state index in [2.05, 4.69) is 84.6 Å². The minimum absolute atomic E-state index is 0.586. The van der Waals surface area contributed by atoms with E-state index >= 15 is 0 Å². The predicted octanol–water partition coefficient (Wildman–Crippen LogP) is 12.0. The van der Waals surface area contributed by atoms with E-state index in [1.54, 1.807) is 0 Å². The maximum absolute atomic E-state index is 7.31. The topological polar surface area (TPSA) is 46.2 Å². The molecule has 0 aliphatic heterocycles. The van der Waals surface area contributed by atoms with E-state index < -0.39 is 10.4 Å². The van der Waals surface area contributed by atoms with E-state index in [1.807, 2.05) is 113 Å². The molecular formula is C48H48O5Si2. The van der Waals surface area contributed by atoms with Gasteiger partial charge < -0.3 is 23.7 Å². The van der Waals surface area contributed by atoms with Crippen molar-refractivity contribution in [3.63, 3.8) is 0 Å². The highest BCUT2D eigenvalue weighted by atomic mass is 28.2. The maximum atomic E-state index is 7.31. The molecule has 0 aliphatic carbocycles. The van der Waals surface area contributed by atoms with Crippen molar-refractivity contribution in [1.82, 2.24) is 0 Å². The lowest BCUT2D eigenvalue weighted by molar-refractivity contribution is -0.0550. The summed E-state index contributed by atoms with van der Waals surface area (Å²) in [5.74, 6) is 4.62. The molecule has 0 fully saturated rings. The Balaban J connectivity index is 1.53. The predicted molar refractivity (Wildman–Crippen MR) is 225 cm³/mol. The summed E-state index contributed by atoms with van der Waals surface area (Å²) in [6, 6.07) is 40.4. The molecule has 6 rings (SSSR count). The second kappa shape index (κ2) is 16.7. The Morgan fingerprint density at radius 3 is 1.15 bits per heavy atom. The molecule has 0 saturated carbocycles. The largest absolute Gasteiger partial charge is 0.494 e. The van der Waals surface area contributed by atoms with Crippen LogP contribution in [0.3, 0.4) is 0 Å². The molecule has 0 bridgehead atoms. The fraction of sp³-hybridized carbons (Fsp3) is 0.250. The lowest BCUT2D eigenvalue weighted by Gasteiger charge is -2.40. The van der Waals surface area contributed by atoms with Crippen molar-refractivity contribution in [2.45, 2.75) is 65.8 Å². The summed E-state index contributed by atoms with van der Waals surface area (Å²) in [4.78, 5) is 0. The molecule has 7 heteroatoms. The minimum atomic E-state index is -1.05. The van der Waals surface area contributed by atoms with Crippen LogP contribution >= 0.6 is 0 Å².